The van der Waals surface area contributed by atoms with Crippen molar-refractivity contribution in [2.75, 3.05) is 36.5 Å². The number of hydrogen-bond acceptors (Lipinski definition) is 5. The molecule has 2 saturated heterocycles. The first-order valence-electron chi connectivity index (χ1n) is 8.78. The minimum atomic E-state index is -0.674. The van der Waals surface area contributed by atoms with E-state index in [4.69, 9.17) is 14.8 Å². The molecule has 3 heterocycles. The summed E-state index contributed by atoms with van der Waals surface area (Å²) in [4.78, 5) is 20.3. The maximum absolute atomic E-state index is 10.9. The lowest BCUT2D eigenvalue weighted by atomic mass is 10.0. The average molecular weight is 331 g/mol. The molecule has 0 aromatic carbocycles. The summed E-state index contributed by atoms with van der Waals surface area (Å²) >= 11 is 0. The van der Waals surface area contributed by atoms with Gasteiger partial charge in [-0.05, 0) is 44.1 Å². The number of carboxylic acids is 1. The van der Waals surface area contributed by atoms with Gasteiger partial charge in [0.25, 0.3) is 0 Å². The van der Waals surface area contributed by atoms with E-state index < -0.39 is 5.97 Å². The van der Waals surface area contributed by atoms with Crippen molar-refractivity contribution in [1.29, 1.82) is 0 Å². The summed E-state index contributed by atoms with van der Waals surface area (Å²) in [5, 5.41) is 8.99. The molecule has 24 heavy (non-hydrogen) atoms. The molecule has 6 nitrogen and oxygen atoms in total. The maximum Gasteiger partial charge on any atom is 0.303 e. The Labute approximate surface area is 142 Å². The quantitative estimate of drug-likeness (QED) is 0.892. The standard InChI is InChI=1S/C18H25N3O3/c1-10-6-15(17(24-3)18(19-10)21-5-4-11(21)2)20-8-13-12(7-16(22)23)14(13)9-20/h6,11-14H,4-5,7-9H2,1-3H3,(H,22,23). The summed E-state index contributed by atoms with van der Waals surface area (Å²) in [6.45, 7) is 7.13. The highest BCUT2D eigenvalue weighted by atomic mass is 16.5. The molecule has 4 rings (SSSR count). The Balaban J connectivity index is 1.57. The van der Waals surface area contributed by atoms with Crippen LogP contribution in [0.25, 0.3) is 0 Å². The minimum Gasteiger partial charge on any atom is -0.491 e. The summed E-state index contributed by atoms with van der Waals surface area (Å²) in [6, 6.07) is 2.61. The first-order chi connectivity index (χ1) is 11.5. The number of methoxy groups -OCH3 is 1. The summed E-state index contributed by atoms with van der Waals surface area (Å²) in [7, 11) is 1.72. The first kappa shape index (κ1) is 15.5. The Hall–Kier alpha value is -1.98. The molecule has 6 heteroatoms. The number of ether oxygens (including phenoxy) is 1. The molecule has 130 valence electrons. The van der Waals surface area contributed by atoms with E-state index in [1.54, 1.807) is 7.11 Å². The van der Waals surface area contributed by atoms with Crippen molar-refractivity contribution in [3.05, 3.63) is 11.8 Å². The van der Waals surface area contributed by atoms with Crippen LogP contribution >= 0.6 is 0 Å². The van der Waals surface area contributed by atoms with Crippen molar-refractivity contribution in [3.8, 4) is 5.75 Å². The topological polar surface area (TPSA) is 65.9 Å². The number of rotatable bonds is 5. The molecular weight excluding hydrogens is 306 g/mol. The van der Waals surface area contributed by atoms with E-state index in [1.807, 2.05) is 6.92 Å². The number of anilines is 2. The largest absolute Gasteiger partial charge is 0.491 e. The number of aliphatic carboxylic acids is 1. The van der Waals surface area contributed by atoms with Gasteiger partial charge in [-0.25, -0.2) is 4.98 Å². The Kier molecular flexibility index (Phi) is 3.58. The van der Waals surface area contributed by atoms with Crippen LogP contribution in [-0.2, 0) is 4.79 Å². The lowest BCUT2D eigenvalue weighted by molar-refractivity contribution is -0.137. The Morgan fingerprint density at radius 3 is 2.62 bits per heavy atom. The number of pyridine rings is 1. The van der Waals surface area contributed by atoms with Gasteiger partial charge in [-0.15, -0.1) is 0 Å². The van der Waals surface area contributed by atoms with Crippen molar-refractivity contribution >= 4 is 17.5 Å². The van der Waals surface area contributed by atoms with Crippen LogP contribution in [0.5, 0.6) is 5.75 Å². The highest BCUT2D eigenvalue weighted by Crippen LogP contribution is 2.55. The van der Waals surface area contributed by atoms with E-state index in [0.29, 0.717) is 30.2 Å². The Morgan fingerprint density at radius 1 is 1.42 bits per heavy atom. The molecule has 0 amide bonds. The fourth-order valence-electron chi connectivity index (χ4n) is 4.44. The lowest BCUT2D eigenvalue weighted by Crippen LogP contribution is -2.46. The number of fused-ring (bicyclic) bond motifs is 1. The van der Waals surface area contributed by atoms with Gasteiger partial charge in [0.1, 0.15) is 0 Å². The van der Waals surface area contributed by atoms with Gasteiger partial charge in [-0.1, -0.05) is 0 Å². The Bertz CT molecular complexity index is 666. The normalized spacial score (nSPS) is 30.8. The molecule has 2 aliphatic heterocycles. The highest BCUT2D eigenvalue weighted by Gasteiger charge is 2.56. The van der Waals surface area contributed by atoms with Crippen molar-refractivity contribution in [1.82, 2.24) is 4.98 Å². The zero-order chi connectivity index (χ0) is 17.0. The number of nitrogens with zero attached hydrogens (tertiary/aromatic N) is 3. The van der Waals surface area contributed by atoms with Crippen molar-refractivity contribution in [3.63, 3.8) is 0 Å². The fraction of sp³-hybridized carbons (Fsp3) is 0.667. The van der Waals surface area contributed by atoms with Gasteiger partial charge in [0, 0.05) is 37.8 Å². The molecule has 1 N–H and O–H groups in total. The third-order valence-electron chi connectivity index (χ3n) is 5.98. The second-order valence-electron chi connectivity index (χ2n) is 7.47. The SMILES string of the molecule is COc1c(N2CC3C(CC(=O)O)C3C2)cc(C)nc1N1CCC1C. The third-order valence-corrected chi connectivity index (χ3v) is 5.98. The van der Waals surface area contributed by atoms with E-state index in [1.165, 1.54) is 6.42 Å². The minimum absolute atomic E-state index is 0.312. The van der Waals surface area contributed by atoms with Crippen LogP contribution in [0.3, 0.4) is 0 Å². The van der Waals surface area contributed by atoms with Crippen LogP contribution in [0.1, 0.15) is 25.5 Å². The van der Waals surface area contributed by atoms with Gasteiger partial charge in [-0.2, -0.15) is 0 Å². The monoisotopic (exact) mass is 331 g/mol. The van der Waals surface area contributed by atoms with E-state index in [9.17, 15) is 4.79 Å². The summed E-state index contributed by atoms with van der Waals surface area (Å²) in [6.07, 6.45) is 1.51. The van der Waals surface area contributed by atoms with E-state index in [-0.39, 0.29) is 0 Å². The molecule has 3 fully saturated rings. The van der Waals surface area contributed by atoms with Gasteiger partial charge >= 0.3 is 5.97 Å². The zero-order valence-corrected chi connectivity index (χ0v) is 14.5. The molecule has 1 aliphatic carbocycles. The van der Waals surface area contributed by atoms with Crippen LogP contribution in [0.4, 0.5) is 11.5 Å². The predicted octanol–water partition coefficient (Wildman–Crippen LogP) is 2.15. The predicted molar refractivity (Wildman–Crippen MR) is 91.9 cm³/mol. The number of hydrogen-bond donors (Lipinski definition) is 1. The second kappa shape index (κ2) is 5.53. The Morgan fingerprint density at radius 2 is 2.12 bits per heavy atom. The third kappa shape index (κ3) is 2.39. The van der Waals surface area contributed by atoms with Crippen LogP contribution in [0, 0.1) is 24.7 Å². The van der Waals surface area contributed by atoms with Crippen LogP contribution < -0.4 is 14.5 Å². The van der Waals surface area contributed by atoms with Crippen molar-refractivity contribution < 1.29 is 14.6 Å². The molecule has 3 aliphatic rings. The first-order valence-corrected chi connectivity index (χ1v) is 8.78. The number of aromatic nitrogens is 1. The average Bonchev–Trinajstić information content (AvgIpc) is 2.95. The molecule has 0 bridgehead atoms. The summed E-state index contributed by atoms with van der Waals surface area (Å²) in [5.41, 5.74) is 2.11. The van der Waals surface area contributed by atoms with Crippen LogP contribution in [-0.4, -0.2) is 48.8 Å². The summed E-state index contributed by atoms with van der Waals surface area (Å²) in [5.74, 6) is 2.54. The van der Waals surface area contributed by atoms with Gasteiger partial charge in [-0.3, -0.25) is 4.79 Å². The second-order valence-corrected chi connectivity index (χ2v) is 7.47. The number of piperidine rings is 1. The molecule has 0 radical (unpaired) electrons. The number of aryl methyl sites for hydroxylation is 1. The van der Waals surface area contributed by atoms with Gasteiger partial charge in [0.15, 0.2) is 11.6 Å². The van der Waals surface area contributed by atoms with E-state index in [0.717, 1.165) is 42.6 Å². The summed E-state index contributed by atoms with van der Waals surface area (Å²) < 4.78 is 5.75. The van der Waals surface area contributed by atoms with Gasteiger partial charge in [0.2, 0.25) is 0 Å². The number of carbonyl (C=O) groups is 1. The number of carboxylic acid groups (broad SMARTS) is 1. The lowest BCUT2D eigenvalue weighted by Gasteiger charge is -2.41. The molecule has 3 unspecified atom stereocenters. The van der Waals surface area contributed by atoms with Gasteiger partial charge in [0.05, 0.1) is 12.8 Å². The highest BCUT2D eigenvalue weighted by molar-refractivity contribution is 5.72. The smallest absolute Gasteiger partial charge is 0.303 e. The zero-order valence-electron chi connectivity index (χ0n) is 14.5. The fourth-order valence-corrected chi connectivity index (χ4v) is 4.44. The molecule has 0 spiro atoms. The van der Waals surface area contributed by atoms with Crippen molar-refractivity contribution in [2.24, 2.45) is 17.8 Å². The molecule has 1 aromatic heterocycles. The molecule has 1 saturated carbocycles. The van der Waals surface area contributed by atoms with Gasteiger partial charge < -0.3 is 19.6 Å². The van der Waals surface area contributed by atoms with E-state index in [2.05, 4.69) is 22.8 Å². The van der Waals surface area contributed by atoms with E-state index >= 15 is 0 Å². The maximum atomic E-state index is 10.9. The molecule has 1 aromatic rings. The molecular formula is C18H25N3O3. The van der Waals surface area contributed by atoms with Crippen LogP contribution in [0.15, 0.2) is 6.07 Å². The molecule has 3 atom stereocenters. The van der Waals surface area contributed by atoms with Crippen molar-refractivity contribution in [2.45, 2.75) is 32.7 Å². The van der Waals surface area contributed by atoms with Crippen LogP contribution in [0.2, 0.25) is 0 Å².